The molecule has 1 unspecified atom stereocenters. The summed E-state index contributed by atoms with van der Waals surface area (Å²) in [6, 6.07) is 0.508. The van der Waals surface area contributed by atoms with Crippen LogP contribution in [-0.4, -0.2) is 38.3 Å². The zero-order valence-electron chi connectivity index (χ0n) is 13.6. The molecule has 0 aromatic rings. The van der Waals surface area contributed by atoms with Gasteiger partial charge in [-0.25, -0.2) is 0 Å². The largest absolute Gasteiger partial charge is 0.378 e. The third-order valence-electron chi connectivity index (χ3n) is 4.60. The molecule has 0 aliphatic heterocycles. The first-order chi connectivity index (χ1) is 10.3. The van der Waals surface area contributed by atoms with Gasteiger partial charge in [-0.3, -0.25) is 4.99 Å². The minimum absolute atomic E-state index is 0.413. The molecular formula is C17H31N3O. The first-order valence-corrected chi connectivity index (χ1v) is 8.57. The fourth-order valence-corrected chi connectivity index (χ4v) is 3.45. The van der Waals surface area contributed by atoms with Gasteiger partial charge in [0.25, 0.3) is 0 Å². The van der Waals surface area contributed by atoms with E-state index >= 15 is 0 Å². The van der Waals surface area contributed by atoms with Crippen molar-refractivity contribution in [2.24, 2.45) is 10.9 Å². The number of rotatable bonds is 7. The molecule has 1 fully saturated rings. The highest BCUT2D eigenvalue weighted by molar-refractivity contribution is 5.80. The Morgan fingerprint density at radius 3 is 2.62 bits per heavy atom. The molecule has 4 heteroatoms. The first-order valence-electron chi connectivity index (χ1n) is 8.57. The third kappa shape index (κ3) is 5.34. The van der Waals surface area contributed by atoms with Crippen molar-refractivity contribution in [1.82, 2.24) is 10.6 Å². The van der Waals surface area contributed by atoms with Crippen LogP contribution in [0.3, 0.4) is 0 Å². The smallest absolute Gasteiger partial charge is 0.191 e. The highest BCUT2D eigenvalue weighted by Gasteiger charge is 2.25. The minimum atomic E-state index is 0.413. The predicted octanol–water partition coefficient (Wildman–Crippen LogP) is 2.86. The normalized spacial score (nSPS) is 21.9. The van der Waals surface area contributed by atoms with E-state index in [9.17, 15) is 0 Å². The van der Waals surface area contributed by atoms with Crippen molar-refractivity contribution in [3.8, 4) is 0 Å². The fraction of sp³-hybridized carbons (Fsp3) is 0.824. The molecule has 2 aliphatic carbocycles. The van der Waals surface area contributed by atoms with Crippen LogP contribution in [0.1, 0.15) is 51.9 Å². The zero-order valence-corrected chi connectivity index (χ0v) is 13.6. The van der Waals surface area contributed by atoms with Crippen molar-refractivity contribution < 1.29 is 4.74 Å². The average Bonchev–Trinajstić information content (AvgIpc) is 3.18. The van der Waals surface area contributed by atoms with E-state index in [1.54, 1.807) is 0 Å². The van der Waals surface area contributed by atoms with E-state index in [0.29, 0.717) is 12.1 Å². The third-order valence-corrected chi connectivity index (χ3v) is 4.60. The molecule has 0 aromatic carbocycles. The van der Waals surface area contributed by atoms with Crippen LogP contribution in [0.4, 0.5) is 0 Å². The molecule has 0 saturated heterocycles. The summed E-state index contributed by atoms with van der Waals surface area (Å²) in [5.74, 6) is 1.69. The molecule has 4 nitrogen and oxygen atoms in total. The van der Waals surface area contributed by atoms with Gasteiger partial charge in [0.15, 0.2) is 5.96 Å². The highest BCUT2D eigenvalue weighted by atomic mass is 16.5. The average molecular weight is 293 g/mol. The van der Waals surface area contributed by atoms with Crippen molar-refractivity contribution in [2.45, 2.75) is 64.0 Å². The summed E-state index contributed by atoms with van der Waals surface area (Å²) >= 11 is 0. The van der Waals surface area contributed by atoms with Crippen molar-refractivity contribution in [3.63, 3.8) is 0 Å². The molecule has 0 spiro atoms. The molecule has 0 bridgehead atoms. The fourth-order valence-electron chi connectivity index (χ4n) is 3.45. The van der Waals surface area contributed by atoms with Gasteiger partial charge in [-0.1, -0.05) is 25.0 Å². The molecule has 0 aromatic heterocycles. The second-order valence-electron chi connectivity index (χ2n) is 6.11. The SMILES string of the molecule is CCOC(CCNC(=NC)NC1CC=CC1)C1CCCC1. The van der Waals surface area contributed by atoms with Crippen molar-refractivity contribution in [3.05, 3.63) is 12.2 Å². The van der Waals surface area contributed by atoms with Crippen LogP contribution in [0.2, 0.25) is 0 Å². The summed E-state index contributed by atoms with van der Waals surface area (Å²) in [5.41, 5.74) is 0. The standard InChI is InChI=1S/C17H31N3O/c1-3-21-16(14-8-4-5-9-14)12-13-19-17(18-2)20-15-10-6-7-11-15/h6-7,14-16H,3-5,8-13H2,1-2H3,(H2,18,19,20). The lowest BCUT2D eigenvalue weighted by molar-refractivity contribution is 0.0169. The van der Waals surface area contributed by atoms with Crippen LogP contribution in [0.25, 0.3) is 0 Å². The molecule has 1 atom stereocenters. The second kappa shape index (κ2) is 9.08. The maximum atomic E-state index is 5.96. The number of nitrogens with zero attached hydrogens (tertiary/aromatic N) is 1. The number of aliphatic imine (C=N–C) groups is 1. The molecular weight excluding hydrogens is 262 g/mol. The van der Waals surface area contributed by atoms with Gasteiger partial charge in [-0.15, -0.1) is 0 Å². The van der Waals surface area contributed by atoms with E-state index in [-0.39, 0.29) is 0 Å². The van der Waals surface area contributed by atoms with Crippen LogP contribution in [0.15, 0.2) is 17.1 Å². The molecule has 2 N–H and O–H groups in total. The van der Waals surface area contributed by atoms with Crippen molar-refractivity contribution in [1.29, 1.82) is 0 Å². The van der Waals surface area contributed by atoms with Crippen LogP contribution < -0.4 is 10.6 Å². The Morgan fingerprint density at radius 2 is 2.00 bits per heavy atom. The maximum absolute atomic E-state index is 5.96. The first kappa shape index (κ1) is 16.3. The summed E-state index contributed by atoms with van der Waals surface area (Å²) in [7, 11) is 1.84. The number of ether oxygens (including phenoxy) is 1. The van der Waals surface area contributed by atoms with Gasteiger partial charge < -0.3 is 15.4 Å². The van der Waals surface area contributed by atoms with Crippen molar-refractivity contribution >= 4 is 5.96 Å². The molecule has 1 saturated carbocycles. The van der Waals surface area contributed by atoms with Gasteiger partial charge in [0.2, 0.25) is 0 Å². The van der Waals surface area contributed by atoms with Gasteiger partial charge >= 0.3 is 0 Å². The Bertz CT molecular complexity index is 340. The van der Waals surface area contributed by atoms with Gasteiger partial charge in [0.1, 0.15) is 0 Å². The van der Waals surface area contributed by atoms with E-state index in [0.717, 1.165) is 44.3 Å². The van der Waals surface area contributed by atoms with E-state index in [1.165, 1.54) is 25.7 Å². The quantitative estimate of drug-likeness (QED) is 0.431. The van der Waals surface area contributed by atoms with Crippen LogP contribution in [0.5, 0.6) is 0 Å². The van der Waals surface area contributed by atoms with E-state index in [4.69, 9.17) is 4.74 Å². The molecule has 0 amide bonds. The second-order valence-corrected chi connectivity index (χ2v) is 6.11. The van der Waals surface area contributed by atoms with Gasteiger partial charge in [0.05, 0.1) is 6.10 Å². The molecule has 0 radical (unpaired) electrons. The summed E-state index contributed by atoms with van der Waals surface area (Å²) in [6.45, 7) is 3.85. The molecule has 2 rings (SSSR count). The maximum Gasteiger partial charge on any atom is 0.191 e. The lowest BCUT2D eigenvalue weighted by Gasteiger charge is -2.24. The van der Waals surface area contributed by atoms with E-state index < -0.39 is 0 Å². The topological polar surface area (TPSA) is 45.6 Å². The Balaban J connectivity index is 1.69. The molecule has 0 heterocycles. The monoisotopic (exact) mass is 293 g/mol. The van der Waals surface area contributed by atoms with Crippen LogP contribution >= 0.6 is 0 Å². The Morgan fingerprint density at radius 1 is 1.29 bits per heavy atom. The van der Waals surface area contributed by atoms with Crippen LogP contribution in [-0.2, 0) is 4.74 Å². The predicted molar refractivity (Wildman–Crippen MR) is 88.6 cm³/mol. The molecule has 2 aliphatic rings. The van der Waals surface area contributed by atoms with Crippen molar-refractivity contribution in [2.75, 3.05) is 20.2 Å². The number of hydrogen-bond acceptors (Lipinski definition) is 2. The lowest BCUT2D eigenvalue weighted by Crippen LogP contribution is -2.43. The summed E-state index contributed by atoms with van der Waals surface area (Å²) in [5, 5.41) is 6.92. The zero-order chi connectivity index (χ0) is 14.9. The van der Waals surface area contributed by atoms with Gasteiger partial charge in [-0.05, 0) is 44.9 Å². The number of nitrogens with one attached hydrogen (secondary N) is 2. The molecule has 120 valence electrons. The number of hydrogen-bond donors (Lipinski definition) is 2. The molecule has 21 heavy (non-hydrogen) atoms. The lowest BCUT2D eigenvalue weighted by atomic mass is 9.98. The van der Waals surface area contributed by atoms with Gasteiger partial charge in [0, 0.05) is 26.2 Å². The van der Waals surface area contributed by atoms with Crippen LogP contribution in [0, 0.1) is 5.92 Å². The minimum Gasteiger partial charge on any atom is -0.378 e. The van der Waals surface area contributed by atoms with E-state index in [1.807, 2.05) is 7.05 Å². The van der Waals surface area contributed by atoms with E-state index in [2.05, 4.69) is 34.7 Å². The summed E-state index contributed by atoms with van der Waals surface area (Å²) in [4.78, 5) is 4.32. The van der Waals surface area contributed by atoms with Gasteiger partial charge in [-0.2, -0.15) is 0 Å². The Kier molecular flexibility index (Phi) is 7.07. The Labute approximate surface area is 129 Å². The summed E-state index contributed by atoms with van der Waals surface area (Å²) < 4.78 is 5.96. The highest BCUT2D eigenvalue weighted by Crippen LogP contribution is 2.30. The number of guanidine groups is 1. The summed E-state index contributed by atoms with van der Waals surface area (Å²) in [6.07, 6.45) is 13.6. The Hall–Kier alpha value is -1.03.